The molecule has 2 rings (SSSR count). The van der Waals surface area contributed by atoms with Gasteiger partial charge in [-0.05, 0) is 24.3 Å². The lowest BCUT2D eigenvalue weighted by atomic mass is 10.2. The first-order valence-electron chi connectivity index (χ1n) is 6.38. The summed E-state index contributed by atoms with van der Waals surface area (Å²) in [6.07, 6.45) is -2.30. The van der Waals surface area contributed by atoms with Gasteiger partial charge in [-0.25, -0.2) is 0 Å². The van der Waals surface area contributed by atoms with Crippen molar-refractivity contribution in [1.29, 1.82) is 0 Å². The van der Waals surface area contributed by atoms with Gasteiger partial charge >= 0.3 is 6.18 Å². The van der Waals surface area contributed by atoms with Crippen molar-refractivity contribution < 1.29 is 22.6 Å². The van der Waals surface area contributed by atoms with Gasteiger partial charge in [0.25, 0.3) is 0 Å². The Kier molecular flexibility index (Phi) is 4.85. The number of ether oxygens (including phenoxy) is 2. The molecule has 1 aromatic heterocycles. The maximum atomic E-state index is 11.9. The zero-order valence-corrected chi connectivity index (χ0v) is 11.2. The molecular formula is C14H15F3N2O2. The standard InChI is InChI=1S/C14H15F3N2O2/c15-14(16,17)9-20-7-2-8-21-12-5-4-11(18)13-10(12)3-1-6-19-13/h1,3-6H,2,7-9,18H2. The minimum Gasteiger partial charge on any atom is -0.493 e. The molecule has 0 saturated carbocycles. The lowest BCUT2D eigenvalue weighted by Crippen LogP contribution is -2.18. The van der Waals surface area contributed by atoms with E-state index in [0.29, 0.717) is 23.4 Å². The van der Waals surface area contributed by atoms with Gasteiger partial charge in [-0.1, -0.05) is 0 Å². The average Bonchev–Trinajstić information content (AvgIpc) is 2.44. The van der Waals surface area contributed by atoms with Gasteiger partial charge < -0.3 is 15.2 Å². The molecule has 2 aromatic rings. The van der Waals surface area contributed by atoms with Crippen LogP contribution in [-0.2, 0) is 4.74 Å². The molecule has 0 atom stereocenters. The SMILES string of the molecule is Nc1ccc(OCCCOCC(F)(F)F)c2cccnc12. The van der Waals surface area contributed by atoms with Crippen molar-refractivity contribution in [2.24, 2.45) is 0 Å². The number of hydrogen-bond acceptors (Lipinski definition) is 4. The van der Waals surface area contributed by atoms with Crippen molar-refractivity contribution in [3.05, 3.63) is 30.5 Å². The van der Waals surface area contributed by atoms with Gasteiger partial charge in [0.1, 0.15) is 12.4 Å². The molecule has 1 aromatic carbocycles. The molecule has 0 aliphatic heterocycles. The quantitative estimate of drug-likeness (QED) is 0.657. The van der Waals surface area contributed by atoms with Crippen LogP contribution in [0.4, 0.5) is 18.9 Å². The van der Waals surface area contributed by atoms with Gasteiger partial charge in [-0.2, -0.15) is 13.2 Å². The molecule has 4 nitrogen and oxygen atoms in total. The molecular weight excluding hydrogens is 285 g/mol. The predicted molar refractivity (Wildman–Crippen MR) is 73.1 cm³/mol. The highest BCUT2D eigenvalue weighted by atomic mass is 19.4. The van der Waals surface area contributed by atoms with Crippen LogP contribution >= 0.6 is 0 Å². The Labute approximate surface area is 119 Å². The Balaban J connectivity index is 1.86. The number of benzene rings is 1. The predicted octanol–water partition coefficient (Wildman–Crippen LogP) is 3.16. The number of pyridine rings is 1. The van der Waals surface area contributed by atoms with Crippen LogP contribution < -0.4 is 10.5 Å². The summed E-state index contributed by atoms with van der Waals surface area (Å²) in [7, 11) is 0. The lowest BCUT2D eigenvalue weighted by molar-refractivity contribution is -0.174. The highest BCUT2D eigenvalue weighted by Crippen LogP contribution is 2.28. The third-order valence-corrected chi connectivity index (χ3v) is 2.72. The summed E-state index contributed by atoms with van der Waals surface area (Å²) in [4.78, 5) is 4.17. The van der Waals surface area contributed by atoms with Crippen molar-refractivity contribution in [3.8, 4) is 5.75 Å². The molecule has 7 heteroatoms. The number of alkyl halides is 3. The van der Waals surface area contributed by atoms with E-state index in [1.807, 2.05) is 6.07 Å². The molecule has 0 aliphatic carbocycles. The second kappa shape index (κ2) is 6.62. The number of halogens is 3. The molecule has 0 aliphatic rings. The fourth-order valence-corrected chi connectivity index (χ4v) is 1.83. The molecule has 0 spiro atoms. The number of aromatic nitrogens is 1. The van der Waals surface area contributed by atoms with Gasteiger partial charge in [0, 0.05) is 18.0 Å². The van der Waals surface area contributed by atoms with Crippen molar-refractivity contribution in [2.75, 3.05) is 25.6 Å². The number of anilines is 1. The molecule has 0 radical (unpaired) electrons. The smallest absolute Gasteiger partial charge is 0.411 e. The maximum Gasteiger partial charge on any atom is 0.411 e. The van der Waals surface area contributed by atoms with E-state index in [1.165, 1.54) is 0 Å². The second-order valence-corrected chi connectivity index (χ2v) is 4.42. The molecule has 0 saturated heterocycles. The van der Waals surface area contributed by atoms with Crippen LogP contribution in [0, 0.1) is 0 Å². The Morgan fingerprint density at radius 3 is 2.71 bits per heavy atom. The normalized spacial score (nSPS) is 11.8. The van der Waals surface area contributed by atoms with E-state index in [9.17, 15) is 13.2 Å². The van der Waals surface area contributed by atoms with Crippen molar-refractivity contribution in [1.82, 2.24) is 4.98 Å². The van der Waals surface area contributed by atoms with Crippen LogP contribution in [0.25, 0.3) is 10.9 Å². The fraction of sp³-hybridized carbons (Fsp3) is 0.357. The van der Waals surface area contributed by atoms with Crippen LogP contribution in [0.3, 0.4) is 0 Å². The fourth-order valence-electron chi connectivity index (χ4n) is 1.83. The van der Waals surface area contributed by atoms with Crippen molar-refractivity contribution in [2.45, 2.75) is 12.6 Å². The number of nitrogen functional groups attached to an aromatic ring is 1. The zero-order valence-electron chi connectivity index (χ0n) is 11.2. The molecule has 114 valence electrons. The summed E-state index contributed by atoms with van der Waals surface area (Å²) in [5, 5.41) is 0.772. The van der Waals surface area contributed by atoms with E-state index in [4.69, 9.17) is 10.5 Å². The van der Waals surface area contributed by atoms with E-state index in [1.54, 1.807) is 24.4 Å². The van der Waals surface area contributed by atoms with E-state index in [0.717, 1.165) is 5.39 Å². The first-order valence-corrected chi connectivity index (χ1v) is 6.38. The van der Waals surface area contributed by atoms with Crippen molar-refractivity contribution >= 4 is 16.6 Å². The Morgan fingerprint density at radius 1 is 1.14 bits per heavy atom. The van der Waals surface area contributed by atoms with E-state index >= 15 is 0 Å². The largest absolute Gasteiger partial charge is 0.493 e. The lowest BCUT2D eigenvalue weighted by Gasteiger charge is -2.11. The highest BCUT2D eigenvalue weighted by Gasteiger charge is 2.27. The van der Waals surface area contributed by atoms with Gasteiger partial charge in [0.15, 0.2) is 0 Å². The van der Waals surface area contributed by atoms with Crippen LogP contribution in [0.2, 0.25) is 0 Å². The average molecular weight is 300 g/mol. The van der Waals surface area contributed by atoms with E-state index in [-0.39, 0.29) is 13.2 Å². The monoisotopic (exact) mass is 300 g/mol. The Hall–Kier alpha value is -2.02. The van der Waals surface area contributed by atoms with Crippen LogP contribution in [0.5, 0.6) is 5.75 Å². The molecule has 21 heavy (non-hydrogen) atoms. The zero-order chi connectivity index (χ0) is 15.3. The topological polar surface area (TPSA) is 57.4 Å². The summed E-state index contributed by atoms with van der Waals surface area (Å²) in [6, 6.07) is 7.00. The third-order valence-electron chi connectivity index (χ3n) is 2.72. The van der Waals surface area contributed by atoms with Crippen LogP contribution in [0.15, 0.2) is 30.5 Å². The number of hydrogen-bond donors (Lipinski definition) is 1. The number of nitrogens with two attached hydrogens (primary N) is 1. The molecule has 1 heterocycles. The highest BCUT2D eigenvalue weighted by molar-refractivity contribution is 5.93. The van der Waals surface area contributed by atoms with Crippen LogP contribution in [-0.4, -0.2) is 31.0 Å². The first kappa shape index (κ1) is 15.4. The first-order chi connectivity index (χ1) is 9.97. The summed E-state index contributed by atoms with van der Waals surface area (Å²) in [5.41, 5.74) is 7.01. The summed E-state index contributed by atoms with van der Waals surface area (Å²) in [5.74, 6) is 0.600. The summed E-state index contributed by atoms with van der Waals surface area (Å²) >= 11 is 0. The maximum absolute atomic E-state index is 11.9. The molecule has 2 N–H and O–H groups in total. The van der Waals surface area contributed by atoms with E-state index < -0.39 is 12.8 Å². The molecule has 0 bridgehead atoms. The molecule has 0 fully saturated rings. The van der Waals surface area contributed by atoms with Gasteiger partial charge in [-0.3, -0.25) is 4.98 Å². The minimum absolute atomic E-state index is 0.00926. The Morgan fingerprint density at radius 2 is 1.95 bits per heavy atom. The number of nitrogens with zero attached hydrogens (tertiary/aromatic N) is 1. The Bertz CT molecular complexity index is 602. The van der Waals surface area contributed by atoms with Gasteiger partial charge in [-0.15, -0.1) is 0 Å². The van der Waals surface area contributed by atoms with Gasteiger partial charge in [0.2, 0.25) is 0 Å². The van der Waals surface area contributed by atoms with Crippen LogP contribution in [0.1, 0.15) is 6.42 Å². The summed E-state index contributed by atoms with van der Waals surface area (Å²) in [6.45, 7) is -0.988. The minimum atomic E-state index is -4.29. The summed E-state index contributed by atoms with van der Waals surface area (Å²) < 4.78 is 45.7. The molecule has 0 unspecified atom stereocenters. The van der Waals surface area contributed by atoms with E-state index in [2.05, 4.69) is 9.72 Å². The second-order valence-electron chi connectivity index (χ2n) is 4.42. The number of fused-ring (bicyclic) bond motifs is 1. The molecule has 0 amide bonds. The van der Waals surface area contributed by atoms with Gasteiger partial charge in [0.05, 0.1) is 24.4 Å². The van der Waals surface area contributed by atoms with Crippen molar-refractivity contribution in [3.63, 3.8) is 0 Å². The number of rotatable bonds is 6. The third kappa shape index (κ3) is 4.49.